The molecule has 1 fully saturated rings. The van der Waals surface area contributed by atoms with Gasteiger partial charge in [0.25, 0.3) is 0 Å². The number of carbonyl (C=O) groups excluding carboxylic acids is 1. The summed E-state index contributed by atoms with van der Waals surface area (Å²) in [6.45, 7) is 7.18. The van der Waals surface area contributed by atoms with Crippen LogP contribution in [0.1, 0.15) is 43.5 Å². The zero-order valence-corrected chi connectivity index (χ0v) is 18.7. The molecule has 1 N–H and O–H groups in total. The Morgan fingerprint density at radius 1 is 1.20 bits per heavy atom. The summed E-state index contributed by atoms with van der Waals surface area (Å²) in [6, 6.07) is 13.2. The summed E-state index contributed by atoms with van der Waals surface area (Å²) < 4.78 is 0. The molecule has 5 heteroatoms. The molecule has 1 aliphatic carbocycles. The zero-order valence-electron chi connectivity index (χ0n) is 18.7. The molecule has 2 aliphatic rings. The van der Waals surface area contributed by atoms with Gasteiger partial charge in [-0.25, -0.2) is 0 Å². The Hall–Kier alpha value is -2.40. The lowest BCUT2D eigenvalue weighted by Crippen LogP contribution is -2.39. The number of rotatable bonds is 5. The molecule has 0 radical (unpaired) electrons. The van der Waals surface area contributed by atoms with E-state index in [9.17, 15) is 4.79 Å². The molecule has 0 bridgehead atoms. The van der Waals surface area contributed by atoms with Crippen molar-refractivity contribution in [1.29, 1.82) is 0 Å². The number of piperidine rings is 1. The van der Waals surface area contributed by atoms with Gasteiger partial charge < -0.3 is 15.1 Å². The third kappa shape index (κ3) is 4.22. The Morgan fingerprint density at radius 3 is 2.60 bits per heavy atom. The fourth-order valence-corrected chi connectivity index (χ4v) is 4.91. The zero-order chi connectivity index (χ0) is 21.3. The van der Waals surface area contributed by atoms with Gasteiger partial charge in [0.2, 0.25) is 5.91 Å². The third-order valence-corrected chi connectivity index (χ3v) is 7.02. The van der Waals surface area contributed by atoms with Gasteiger partial charge in [0, 0.05) is 24.4 Å². The minimum Gasteiger partial charge on any atom is -0.380 e. The van der Waals surface area contributed by atoms with Crippen LogP contribution in [-0.4, -0.2) is 53.9 Å². The van der Waals surface area contributed by atoms with Gasteiger partial charge in [-0.15, -0.1) is 0 Å². The Labute approximate surface area is 180 Å². The van der Waals surface area contributed by atoms with Crippen LogP contribution in [0.4, 0.5) is 5.69 Å². The minimum absolute atomic E-state index is 0.0793. The monoisotopic (exact) mass is 406 g/mol. The summed E-state index contributed by atoms with van der Waals surface area (Å²) >= 11 is 0. The number of pyridine rings is 1. The summed E-state index contributed by atoms with van der Waals surface area (Å²) in [7, 11) is 4.02. The first-order valence-corrected chi connectivity index (χ1v) is 11.1. The lowest BCUT2D eigenvalue weighted by molar-refractivity contribution is -0.136. The van der Waals surface area contributed by atoms with Crippen molar-refractivity contribution in [3.8, 4) is 0 Å². The molecule has 1 saturated heterocycles. The molecule has 1 aliphatic heterocycles. The second kappa shape index (κ2) is 8.38. The number of carbonyl (C=O) groups is 1. The van der Waals surface area contributed by atoms with Gasteiger partial charge in [0.05, 0.1) is 24.1 Å². The van der Waals surface area contributed by atoms with Crippen LogP contribution in [0.25, 0.3) is 0 Å². The quantitative estimate of drug-likeness (QED) is 0.823. The summed E-state index contributed by atoms with van der Waals surface area (Å²) in [5.74, 6) is 0.399. The van der Waals surface area contributed by atoms with E-state index in [1.807, 2.05) is 24.2 Å². The van der Waals surface area contributed by atoms with Crippen LogP contribution in [0, 0.1) is 5.92 Å². The number of benzene rings is 1. The predicted molar refractivity (Wildman–Crippen MR) is 122 cm³/mol. The first-order valence-electron chi connectivity index (χ1n) is 11.1. The summed E-state index contributed by atoms with van der Waals surface area (Å²) in [5, 5.41) is 3.69. The maximum Gasteiger partial charge on any atom is 0.225 e. The SMILES string of the molecule is CN1CCC(C(=O)N(C)Cc2ccc(NC3Cc4ccccc4C3(C)C)cn2)CC1. The van der Waals surface area contributed by atoms with Crippen molar-refractivity contribution in [3.63, 3.8) is 0 Å². The van der Waals surface area contributed by atoms with Gasteiger partial charge >= 0.3 is 0 Å². The highest BCUT2D eigenvalue weighted by atomic mass is 16.2. The number of aromatic nitrogens is 1. The maximum absolute atomic E-state index is 12.8. The minimum atomic E-state index is 0.0793. The van der Waals surface area contributed by atoms with E-state index < -0.39 is 0 Å². The number of fused-ring (bicyclic) bond motifs is 1. The smallest absolute Gasteiger partial charge is 0.225 e. The van der Waals surface area contributed by atoms with Crippen LogP contribution in [0.3, 0.4) is 0 Å². The molecule has 2 aromatic rings. The van der Waals surface area contributed by atoms with Gasteiger partial charge in [0.1, 0.15) is 0 Å². The average Bonchev–Trinajstić information content (AvgIpc) is 2.99. The summed E-state index contributed by atoms with van der Waals surface area (Å²) in [5.41, 5.74) is 4.91. The molecular formula is C25H34N4O. The van der Waals surface area contributed by atoms with Crippen molar-refractivity contribution >= 4 is 11.6 Å². The van der Waals surface area contributed by atoms with E-state index in [0.717, 1.165) is 43.7 Å². The fourth-order valence-electron chi connectivity index (χ4n) is 4.91. The van der Waals surface area contributed by atoms with Gasteiger partial charge in [-0.2, -0.15) is 0 Å². The molecule has 5 nitrogen and oxygen atoms in total. The second-order valence-electron chi connectivity index (χ2n) is 9.59. The highest BCUT2D eigenvalue weighted by Crippen LogP contribution is 2.39. The number of amides is 1. The van der Waals surface area contributed by atoms with E-state index in [1.165, 1.54) is 11.1 Å². The number of hydrogen-bond acceptors (Lipinski definition) is 4. The molecule has 2 heterocycles. The lowest BCUT2D eigenvalue weighted by Gasteiger charge is -2.31. The molecule has 160 valence electrons. The van der Waals surface area contributed by atoms with Crippen LogP contribution in [0.2, 0.25) is 0 Å². The van der Waals surface area contributed by atoms with Crippen LogP contribution >= 0.6 is 0 Å². The molecule has 1 atom stereocenters. The van der Waals surface area contributed by atoms with E-state index in [2.05, 4.69) is 66.4 Å². The van der Waals surface area contributed by atoms with Gasteiger partial charge in [0.15, 0.2) is 0 Å². The normalized spacial score (nSPS) is 21.3. The van der Waals surface area contributed by atoms with Crippen molar-refractivity contribution in [2.24, 2.45) is 5.92 Å². The highest BCUT2D eigenvalue weighted by Gasteiger charge is 2.39. The maximum atomic E-state index is 12.8. The van der Waals surface area contributed by atoms with Crippen LogP contribution in [-0.2, 0) is 23.2 Å². The summed E-state index contributed by atoms with van der Waals surface area (Å²) in [6.07, 6.45) is 4.84. The molecule has 4 rings (SSSR count). The predicted octanol–water partition coefficient (Wildman–Crippen LogP) is 3.70. The van der Waals surface area contributed by atoms with Crippen molar-refractivity contribution in [2.75, 3.05) is 32.5 Å². The number of anilines is 1. The van der Waals surface area contributed by atoms with Crippen molar-refractivity contribution in [3.05, 3.63) is 59.4 Å². The standard InChI is InChI=1S/C25H34N4O/c1-25(2)22-8-6-5-7-19(22)15-23(25)27-20-9-10-21(26-16-20)17-29(4)24(30)18-11-13-28(3)14-12-18/h5-10,16,18,23,27H,11-15,17H2,1-4H3. The Balaban J connectivity index is 1.35. The Bertz CT molecular complexity index is 884. The van der Waals surface area contributed by atoms with E-state index in [1.54, 1.807) is 0 Å². The molecule has 1 aromatic carbocycles. The number of likely N-dealkylation sites (tertiary alicyclic amines) is 1. The molecule has 1 unspecified atom stereocenters. The van der Waals surface area contributed by atoms with Crippen molar-refractivity contribution in [1.82, 2.24) is 14.8 Å². The number of hydrogen-bond donors (Lipinski definition) is 1. The number of nitrogens with one attached hydrogen (secondary N) is 1. The number of nitrogens with zero attached hydrogens (tertiary/aromatic N) is 3. The molecular weight excluding hydrogens is 372 g/mol. The molecule has 0 saturated carbocycles. The van der Waals surface area contributed by atoms with Gasteiger partial charge in [-0.3, -0.25) is 9.78 Å². The first kappa shape index (κ1) is 20.9. The van der Waals surface area contributed by atoms with Crippen molar-refractivity contribution in [2.45, 2.75) is 51.1 Å². The van der Waals surface area contributed by atoms with Crippen LogP contribution in [0.15, 0.2) is 42.6 Å². The van der Waals surface area contributed by atoms with E-state index >= 15 is 0 Å². The third-order valence-electron chi connectivity index (χ3n) is 7.02. The van der Waals surface area contributed by atoms with E-state index in [4.69, 9.17) is 0 Å². The Kier molecular flexibility index (Phi) is 5.83. The fraction of sp³-hybridized carbons (Fsp3) is 0.520. The second-order valence-corrected chi connectivity index (χ2v) is 9.59. The van der Waals surface area contributed by atoms with E-state index in [-0.39, 0.29) is 17.2 Å². The van der Waals surface area contributed by atoms with Gasteiger partial charge in [-0.1, -0.05) is 38.1 Å². The van der Waals surface area contributed by atoms with E-state index in [0.29, 0.717) is 12.6 Å². The lowest BCUT2D eigenvalue weighted by atomic mass is 9.83. The molecule has 0 spiro atoms. The largest absolute Gasteiger partial charge is 0.380 e. The van der Waals surface area contributed by atoms with Crippen LogP contribution in [0.5, 0.6) is 0 Å². The topological polar surface area (TPSA) is 48.5 Å². The molecule has 1 amide bonds. The average molecular weight is 407 g/mol. The highest BCUT2D eigenvalue weighted by molar-refractivity contribution is 5.78. The van der Waals surface area contributed by atoms with Gasteiger partial charge in [-0.05, 0) is 62.7 Å². The molecule has 1 aromatic heterocycles. The van der Waals surface area contributed by atoms with Crippen LogP contribution < -0.4 is 5.32 Å². The molecule has 30 heavy (non-hydrogen) atoms. The Morgan fingerprint density at radius 2 is 1.93 bits per heavy atom. The summed E-state index contributed by atoms with van der Waals surface area (Å²) in [4.78, 5) is 21.5. The van der Waals surface area contributed by atoms with Crippen molar-refractivity contribution < 1.29 is 4.79 Å². The first-order chi connectivity index (χ1) is 14.3.